The van der Waals surface area contributed by atoms with Crippen molar-refractivity contribution in [2.45, 2.75) is 46.8 Å². The monoisotopic (exact) mass is 188 g/mol. The van der Waals surface area contributed by atoms with Gasteiger partial charge in [-0.15, -0.1) is 0 Å². The Balaban J connectivity index is 3.79. The second-order valence-corrected chi connectivity index (χ2v) is 5.01. The zero-order valence-corrected chi connectivity index (χ0v) is 9.89. The second-order valence-electron chi connectivity index (χ2n) is 5.01. The van der Waals surface area contributed by atoms with E-state index in [1.807, 2.05) is 0 Å². The Morgan fingerprint density at radius 1 is 1.08 bits per heavy atom. The van der Waals surface area contributed by atoms with Crippen molar-refractivity contribution < 1.29 is 9.47 Å². The summed E-state index contributed by atoms with van der Waals surface area (Å²) in [5, 5.41) is 0. The number of ether oxygens (including phenoxy) is 2. The fraction of sp³-hybridized carbons (Fsp3) is 1.00. The van der Waals surface area contributed by atoms with Crippen molar-refractivity contribution in [1.82, 2.24) is 0 Å². The summed E-state index contributed by atoms with van der Waals surface area (Å²) in [4.78, 5) is 0. The quantitative estimate of drug-likeness (QED) is 0.617. The Kier molecular flexibility index (Phi) is 5.57. The molecule has 1 atom stereocenters. The van der Waals surface area contributed by atoms with Crippen LogP contribution < -0.4 is 0 Å². The average Bonchev–Trinajstić information content (AvgIpc) is 1.96. The number of hydrogen-bond donors (Lipinski definition) is 0. The molecule has 0 aliphatic carbocycles. The summed E-state index contributed by atoms with van der Waals surface area (Å²) in [7, 11) is 3.38. The van der Waals surface area contributed by atoms with Gasteiger partial charge >= 0.3 is 0 Å². The number of rotatable bonds is 5. The van der Waals surface area contributed by atoms with E-state index < -0.39 is 0 Å². The van der Waals surface area contributed by atoms with E-state index in [0.717, 1.165) is 6.42 Å². The molecule has 0 radical (unpaired) electrons. The lowest BCUT2D eigenvalue weighted by molar-refractivity contribution is -0.114. The Bertz CT molecular complexity index is 123. The van der Waals surface area contributed by atoms with Crippen molar-refractivity contribution in [2.75, 3.05) is 14.2 Å². The van der Waals surface area contributed by atoms with Gasteiger partial charge in [-0.05, 0) is 17.8 Å². The lowest BCUT2D eigenvalue weighted by Crippen LogP contribution is -2.20. The van der Waals surface area contributed by atoms with Crippen LogP contribution in [0.2, 0.25) is 0 Å². The molecular formula is C11H24O2. The van der Waals surface area contributed by atoms with Crippen molar-refractivity contribution in [3.63, 3.8) is 0 Å². The zero-order chi connectivity index (χ0) is 10.5. The molecule has 0 saturated heterocycles. The van der Waals surface area contributed by atoms with Gasteiger partial charge in [0, 0.05) is 20.6 Å². The van der Waals surface area contributed by atoms with Gasteiger partial charge in [0.1, 0.15) is 0 Å². The molecule has 0 saturated carbocycles. The predicted molar refractivity (Wildman–Crippen MR) is 55.7 cm³/mol. The molecule has 0 bridgehead atoms. The van der Waals surface area contributed by atoms with Crippen LogP contribution in [0.4, 0.5) is 0 Å². The Morgan fingerprint density at radius 2 is 1.54 bits per heavy atom. The number of hydrogen-bond acceptors (Lipinski definition) is 2. The van der Waals surface area contributed by atoms with Gasteiger partial charge in [-0.1, -0.05) is 27.7 Å². The standard InChI is InChI=1S/C11H24O2/c1-9(8-11(2,3)4)7-10(12-5)13-6/h9-10H,7-8H2,1-6H3. The van der Waals surface area contributed by atoms with Gasteiger partial charge in [-0.2, -0.15) is 0 Å². The molecule has 0 aromatic carbocycles. The molecule has 0 aliphatic rings. The maximum Gasteiger partial charge on any atom is 0.157 e. The van der Waals surface area contributed by atoms with E-state index in [1.54, 1.807) is 14.2 Å². The Labute approximate surface area is 82.6 Å². The molecular weight excluding hydrogens is 164 g/mol. The van der Waals surface area contributed by atoms with E-state index in [2.05, 4.69) is 27.7 Å². The molecule has 0 aromatic rings. The second kappa shape index (κ2) is 5.61. The van der Waals surface area contributed by atoms with Crippen molar-refractivity contribution in [1.29, 1.82) is 0 Å². The minimum Gasteiger partial charge on any atom is -0.356 e. The van der Waals surface area contributed by atoms with Crippen LogP contribution >= 0.6 is 0 Å². The topological polar surface area (TPSA) is 18.5 Å². The van der Waals surface area contributed by atoms with Gasteiger partial charge in [0.2, 0.25) is 0 Å². The van der Waals surface area contributed by atoms with Crippen molar-refractivity contribution in [3.8, 4) is 0 Å². The lowest BCUT2D eigenvalue weighted by Gasteiger charge is -2.25. The van der Waals surface area contributed by atoms with Crippen LogP contribution in [0.3, 0.4) is 0 Å². The summed E-state index contributed by atoms with van der Waals surface area (Å²) >= 11 is 0. The molecule has 0 rings (SSSR count). The van der Waals surface area contributed by atoms with Crippen molar-refractivity contribution in [2.24, 2.45) is 11.3 Å². The van der Waals surface area contributed by atoms with E-state index in [0.29, 0.717) is 11.3 Å². The minimum absolute atomic E-state index is 0.0441. The van der Waals surface area contributed by atoms with E-state index in [-0.39, 0.29) is 6.29 Å². The van der Waals surface area contributed by atoms with Crippen LogP contribution in [-0.2, 0) is 9.47 Å². The summed E-state index contributed by atoms with van der Waals surface area (Å²) in [5.41, 5.74) is 0.394. The molecule has 0 heterocycles. The Morgan fingerprint density at radius 3 is 1.85 bits per heavy atom. The first kappa shape index (κ1) is 12.9. The largest absolute Gasteiger partial charge is 0.356 e. The van der Waals surface area contributed by atoms with Crippen LogP contribution in [0.1, 0.15) is 40.5 Å². The highest BCUT2D eigenvalue weighted by Crippen LogP contribution is 2.27. The van der Waals surface area contributed by atoms with Gasteiger partial charge in [-0.25, -0.2) is 0 Å². The number of methoxy groups -OCH3 is 2. The molecule has 1 unspecified atom stereocenters. The van der Waals surface area contributed by atoms with Gasteiger partial charge < -0.3 is 9.47 Å². The van der Waals surface area contributed by atoms with E-state index in [9.17, 15) is 0 Å². The van der Waals surface area contributed by atoms with E-state index in [4.69, 9.17) is 9.47 Å². The smallest absolute Gasteiger partial charge is 0.157 e. The maximum absolute atomic E-state index is 5.16. The van der Waals surface area contributed by atoms with Gasteiger partial charge in [0.05, 0.1) is 0 Å². The molecule has 0 amide bonds. The average molecular weight is 188 g/mol. The first-order chi connectivity index (χ1) is 5.89. The molecule has 0 spiro atoms. The van der Waals surface area contributed by atoms with Crippen LogP contribution in [0.25, 0.3) is 0 Å². The molecule has 2 nitrogen and oxygen atoms in total. The fourth-order valence-corrected chi connectivity index (χ4v) is 1.75. The molecule has 13 heavy (non-hydrogen) atoms. The summed E-state index contributed by atoms with van der Waals surface area (Å²) < 4.78 is 10.3. The normalized spacial score (nSPS) is 15.0. The summed E-state index contributed by atoms with van der Waals surface area (Å²) in [6.07, 6.45) is 2.14. The predicted octanol–water partition coefficient (Wildman–Crippen LogP) is 3.07. The van der Waals surface area contributed by atoms with Crippen molar-refractivity contribution >= 4 is 0 Å². The zero-order valence-electron chi connectivity index (χ0n) is 9.89. The van der Waals surface area contributed by atoms with Crippen molar-refractivity contribution in [3.05, 3.63) is 0 Å². The first-order valence-electron chi connectivity index (χ1n) is 4.94. The van der Waals surface area contributed by atoms with Gasteiger partial charge in [-0.3, -0.25) is 0 Å². The van der Waals surface area contributed by atoms with Gasteiger partial charge in [0.25, 0.3) is 0 Å². The summed E-state index contributed by atoms with van der Waals surface area (Å²) in [6.45, 7) is 9.03. The van der Waals surface area contributed by atoms with Crippen LogP contribution in [-0.4, -0.2) is 20.5 Å². The first-order valence-corrected chi connectivity index (χ1v) is 4.94. The summed E-state index contributed by atoms with van der Waals surface area (Å²) in [5.74, 6) is 0.643. The van der Waals surface area contributed by atoms with Crippen LogP contribution in [0.15, 0.2) is 0 Å². The fourth-order valence-electron chi connectivity index (χ4n) is 1.75. The summed E-state index contributed by atoms with van der Waals surface area (Å²) in [6, 6.07) is 0. The van der Waals surface area contributed by atoms with Crippen LogP contribution in [0.5, 0.6) is 0 Å². The SMILES string of the molecule is COC(CC(C)CC(C)(C)C)OC. The molecule has 0 fully saturated rings. The van der Waals surface area contributed by atoms with E-state index in [1.165, 1.54) is 6.42 Å². The molecule has 0 N–H and O–H groups in total. The molecule has 0 aliphatic heterocycles. The van der Waals surface area contributed by atoms with E-state index >= 15 is 0 Å². The minimum atomic E-state index is -0.0441. The van der Waals surface area contributed by atoms with Crippen LogP contribution in [0, 0.1) is 11.3 Å². The third-order valence-electron chi connectivity index (χ3n) is 2.08. The highest BCUT2D eigenvalue weighted by Gasteiger charge is 2.18. The highest BCUT2D eigenvalue weighted by atomic mass is 16.7. The highest BCUT2D eigenvalue weighted by molar-refractivity contribution is 4.67. The molecule has 0 aromatic heterocycles. The third kappa shape index (κ3) is 7.03. The lowest BCUT2D eigenvalue weighted by atomic mass is 9.84. The third-order valence-corrected chi connectivity index (χ3v) is 2.08. The Hall–Kier alpha value is -0.0800. The molecule has 80 valence electrons. The maximum atomic E-state index is 5.16. The van der Waals surface area contributed by atoms with Gasteiger partial charge in [0.15, 0.2) is 6.29 Å². The molecule has 2 heteroatoms.